The van der Waals surface area contributed by atoms with Crippen molar-refractivity contribution in [2.24, 2.45) is 0 Å². The predicted molar refractivity (Wildman–Crippen MR) is 82.1 cm³/mol. The average molecular weight is 278 g/mol. The van der Waals surface area contributed by atoms with Gasteiger partial charge in [0.25, 0.3) is 0 Å². The summed E-state index contributed by atoms with van der Waals surface area (Å²) >= 11 is 0. The standard InChI is InChI=1S/C16H26N2O2/c1-5-14-20-16(19-6-2,18(4)17-3)13-12-15-10-8-7-9-11-15/h5,7-11,17H,1,6,12-14H2,2-4H3. The predicted octanol–water partition coefficient (Wildman–Crippen LogP) is 2.58. The van der Waals surface area contributed by atoms with Crippen LogP contribution in [0.5, 0.6) is 0 Å². The Bertz CT molecular complexity index is 383. The number of hydrogen-bond acceptors (Lipinski definition) is 4. The number of hydrazine groups is 1. The van der Waals surface area contributed by atoms with Crippen molar-refractivity contribution in [2.45, 2.75) is 25.7 Å². The van der Waals surface area contributed by atoms with E-state index in [-0.39, 0.29) is 0 Å². The van der Waals surface area contributed by atoms with E-state index in [1.165, 1.54) is 5.56 Å². The van der Waals surface area contributed by atoms with Crippen LogP contribution < -0.4 is 5.43 Å². The molecule has 0 aliphatic heterocycles. The molecule has 0 aliphatic carbocycles. The molecule has 1 unspecified atom stereocenters. The molecule has 20 heavy (non-hydrogen) atoms. The van der Waals surface area contributed by atoms with Gasteiger partial charge in [0.2, 0.25) is 5.91 Å². The van der Waals surface area contributed by atoms with Crippen molar-refractivity contribution >= 4 is 0 Å². The molecular formula is C16H26N2O2. The number of aryl methyl sites for hydroxylation is 1. The van der Waals surface area contributed by atoms with Gasteiger partial charge in [0.15, 0.2) is 0 Å². The van der Waals surface area contributed by atoms with E-state index in [0.29, 0.717) is 13.2 Å². The third-order valence-electron chi connectivity index (χ3n) is 3.22. The first kappa shape index (κ1) is 16.9. The molecule has 1 N–H and O–H groups in total. The molecule has 0 aliphatic rings. The zero-order valence-corrected chi connectivity index (χ0v) is 12.8. The van der Waals surface area contributed by atoms with Gasteiger partial charge in [-0.2, -0.15) is 5.01 Å². The molecule has 0 bridgehead atoms. The fourth-order valence-corrected chi connectivity index (χ4v) is 2.08. The van der Waals surface area contributed by atoms with Gasteiger partial charge < -0.3 is 9.47 Å². The second-order valence-electron chi connectivity index (χ2n) is 4.51. The maximum Gasteiger partial charge on any atom is 0.243 e. The minimum Gasteiger partial charge on any atom is -0.337 e. The number of nitrogens with one attached hydrogen (secondary N) is 1. The molecule has 0 saturated carbocycles. The molecule has 112 valence electrons. The van der Waals surface area contributed by atoms with E-state index >= 15 is 0 Å². The number of rotatable bonds is 10. The molecule has 0 radical (unpaired) electrons. The van der Waals surface area contributed by atoms with Crippen LogP contribution in [-0.2, 0) is 15.9 Å². The van der Waals surface area contributed by atoms with Crippen molar-refractivity contribution < 1.29 is 9.47 Å². The van der Waals surface area contributed by atoms with Crippen LogP contribution in [0, 0.1) is 0 Å². The Kier molecular flexibility index (Phi) is 7.47. The molecule has 1 atom stereocenters. The second kappa shape index (κ2) is 8.87. The summed E-state index contributed by atoms with van der Waals surface area (Å²) in [5, 5.41) is 1.86. The zero-order valence-electron chi connectivity index (χ0n) is 12.8. The second-order valence-corrected chi connectivity index (χ2v) is 4.51. The Morgan fingerprint density at radius 2 is 2.00 bits per heavy atom. The van der Waals surface area contributed by atoms with Crippen LogP contribution >= 0.6 is 0 Å². The number of benzene rings is 1. The number of ether oxygens (including phenoxy) is 2. The van der Waals surface area contributed by atoms with Gasteiger partial charge in [-0.05, 0) is 26.0 Å². The van der Waals surface area contributed by atoms with Crippen LogP contribution in [0.15, 0.2) is 43.0 Å². The van der Waals surface area contributed by atoms with Gasteiger partial charge in [-0.1, -0.05) is 36.4 Å². The number of hydrogen-bond donors (Lipinski definition) is 1. The van der Waals surface area contributed by atoms with Gasteiger partial charge in [-0.25, -0.2) is 0 Å². The first-order valence-electron chi connectivity index (χ1n) is 7.02. The average Bonchev–Trinajstić information content (AvgIpc) is 2.50. The summed E-state index contributed by atoms with van der Waals surface area (Å²) in [6.45, 7) is 6.70. The first-order chi connectivity index (χ1) is 9.68. The molecule has 1 rings (SSSR count). The molecule has 1 aromatic rings. The van der Waals surface area contributed by atoms with Crippen molar-refractivity contribution in [1.29, 1.82) is 0 Å². The summed E-state index contributed by atoms with van der Waals surface area (Å²) in [6, 6.07) is 10.3. The van der Waals surface area contributed by atoms with Crippen LogP contribution in [0.25, 0.3) is 0 Å². The van der Waals surface area contributed by atoms with E-state index in [9.17, 15) is 0 Å². The van der Waals surface area contributed by atoms with Gasteiger partial charge in [0, 0.05) is 20.1 Å². The highest BCUT2D eigenvalue weighted by Crippen LogP contribution is 2.23. The summed E-state index contributed by atoms with van der Waals surface area (Å²) in [7, 11) is 3.78. The molecule has 0 heterocycles. The summed E-state index contributed by atoms with van der Waals surface area (Å²) in [4.78, 5) is 0. The van der Waals surface area contributed by atoms with Gasteiger partial charge in [0.1, 0.15) is 0 Å². The van der Waals surface area contributed by atoms with Gasteiger partial charge in [-0.15, -0.1) is 6.58 Å². The molecule has 4 nitrogen and oxygen atoms in total. The SMILES string of the molecule is C=CCOC(CCc1ccccc1)(OCC)N(C)NC. The van der Waals surface area contributed by atoms with E-state index in [2.05, 4.69) is 24.1 Å². The van der Waals surface area contributed by atoms with Crippen LogP contribution in [-0.4, -0.2) is 38.2 Å². The van der Waals surface area contributed by atoms with E-state index in [1.807, 2.05) is 44.2 Å². The van der Waals surface area contributed by atoms with Crippen molar-refractivity contribution in [3.05, 3.63) is 48.6 Å². The van der Waals surface area contributed by atoms with Crippen LogP contribution in [0.1, 0.15) is 18.9 Å². The van der Waals surface area contributed by atoms with Crippen molar-refractivity contribution in [1.82, 2.24) is 10.4 Å². The Morgan fingerprint density at radius 3 is 2.55 bits per heavy atom. The lowest BCUT2D eigenvalue weighted by Gasteiger charge is -2.40. The summed E-state index contributed by atoms with van der Waals surface area (Å²) in [5.41, 5.74) is 4.35. The lowest BCUT2D eigenvalue weighted by Crippen LogP contribution is -2.56. The van der Waals surface area contributed by atoms with Gasteiger partial charge >= 0.3 is 0 Å². The maximum atomic E-state index is 5.92. The maximum absolute atomic E-state index is 5.92. The third kappa shape index (κ3) is 4.72. The molecule has 4 heteroatoms. The Morgan fingerprint density at radius 1 is 1.30 bits per heavy atom. The Balaban J connectivity index is 2.80. The lowest BCUT2D eigenvalue weighted by atomic mass is 10.1. The summed E-state index contributed by atoms with van der Waals surface area (Å²) in [5.74, 6) is -0.784. The molecule has 1 aromatic carbocycles. The summed E-state index contributed by atoms with van der Waals surface area (Å²) < 4.78 is 11.8. The van der Waals surface area contributed by atoms with E-state index in [4.69, 9.17) is 9.47 Å². The molecule has 0 fully saturated rings. The molecule has 0 saturated heterocycles. The topological polar surface area (TPSA) is 33.7 Å². The highest BCUT2D eigenvalue weighted by Gasteiger charge is 2.35. The van der Waals surface area contributed by atoms with Gasteiger partial charge in [-0.3, -0.25) is 5.43 Å². The zero-order chi connectivity index (χ0) is 14.8. The van der Waals surface area contributed by atoms with Crippen molar-refractivity contribution in [2.75, 3.05) is 27.3 Å². The quantitative estimate of drug-likeness (QED) is 0.405. The monoisotopic (exact) mass is 278 g/mol. The minimum atomic E-state index is -0.784. The fraction of sp³-hybridized carbons (Fsp3) is 0.500. The van der Waals surface area contributed by atoms with Crippen LogP contribution in [0.3, 0.4) is 0 Å². The minimum absolute atomic E-state index is 0.445. The van der Waals surface area contributed by atoms with Gasteiger partial charge in [0.05, 0.1) is 6.61 Å². The summed E-state index contributed by atoms with van der Waals surface area (Å²) in [6.07, 6.45) is 3.35. The fourth-order valence-electron chi connectivity index (χ4n) is 2.08. The molecule has 0 spiro atoms. The van der Waals surface area contributed by atoms with Crippen LogP contribution in [0.4, 0.5) is 0 Å². The smallest absolute Gasteiger partial charge is 0.243 e. The first-order valence-corrected chi connectivity index (χ1v) is 7.02. The van der Waals surface area contributed by atoms with E-state index < -0.39 is 5.91 Å². The lowest BCUT2D eigenvalue weighted by molar-refractivity contribution is -0.321. The third-order valence-corrected chi connectivity index (χ3v) is 3.22. The Hall–Kier alpha value is -1.20. The van der Waals surface area contributed by atoms with Crippen molar-refractivity contribution in [3.8, 4) is 0 Å². The van der Waals surface area contributed by atoms with E-state index in [0.717, 1.165) is 12.8 Å². The van der Waals surface area contributed by atoms with Crippen molar-refractivity contribution in [3.63, 3.8) is 0 Å². The largest absolute Gasteiger partial charge is 0.337 e. The number of nitrogens with zero attached hydrogens (tertiary/aromatic N) is 1. The Labute approximate surface area is 122 Å². The normalized spacial score (nSPS) is 14.2. The molecular weight excluding hydrogens is 252 g/mol. The highest BCUT2D eigenvalue weighted by molar-refractivity contribution is 5.14. The molecule has 0 amide bonds. The van der Waals surface area contributed by atoms with E-state index in [1.54, 1.807) is 6.08 Å². The molecule has 0 aromatic heterocycles. The van der Waals surface area contributed by atoms with Crippen LogP contribution in [0.2, 0.25) is 0 Å². The highest BCUT2D eigenvalue weighted by atomic mass is 16.7.